The molecule has 0 bridgehead atoms. The SMILES string of the molecule is CN=C(NCc1ccccc1OC)NCc1cc(OC)c(OC)cc1OC. The summed E-state index contributed by atoms with van der Waals surface area (Å²) in [5, 5.41) is 6.56. The van der Waals surface area contributed by atoms with Crippen LogP contribution in [0.15, 0.2) is 41.4 Å². The van der Waals surface area contributed by atoms with Crippen LogP contribution in [0.4, 0.5) is 0 Å². The molecular formula is C20H27N3O4. The molecule has 0 spiro atoms. The molecule has 0 aliphatic carbocycles. The second-order valence-electron chi connectivity index (χ2n) is 5.61. The normalized spacial score (nSPS) is 10.9. The van der Waals surface area contributed by atoms with E-state index in [0.717, 1.165) is 16.9 Å². The highest BCUT2D eigenvalue weighted by molar-refractivity contribution is 5.79. The molecule has 0 amide bonds. The van der Waals surface area contributed by atoms with Gasteiger partial charge in [-0.3, -0.25) is 4.99 Å². The lowest BCUT2D eigenvalue weighted by Gasteiger charge is -2.17. The third kappa shape index (κ3) is 5.20. The van der Waals surface area contributed by atoms with Gasteiger partial charge < -0.3 is 29.6 Å². The second-order valence-corrected chi connectivity index (χ2v) is 5.61. The van der Waals surface area contributed by atoms with Crippen molar-refractivity contribution < 1.29 is 18.9 Å². The van der Waals surface area contributed by atoms with Gasteiger partial charge in [-0.25, -0.2) is 0 Å². The predicted molar refractivity (Wildman–Crippen MR) is 106 cm³/mol. The molecule has 0 saturated heterocycles. The van der Waals surface area contributed by atoms with Gasteiger partial charge in [-0.15, -0.1) is 0 Å². The van der Waals surface area contributed by atoms with Gasteiger partial charge in [0.2, 0.25) is 0 Å². The molecule has 146 valence electrons. The number of ether oxygens (including phenoxy) is 4. The number of hydrogen-bond acceptors (Lipinski definition) is 5. The van der Waals surface area contributed by atoms with E-state index >= 15 is 0 Å². The molecule has 0 fully saturated rings. The first-order valence-corrected chi connectivity index (χ1v) is 8.52. The van der Waals surface area contributed by atoms with Crippen LogP contribution >= 0.6 is 0 Å². The van der Waals surface area contributed by atoms with Crippen molar-refractivity contribution in [2.75, 3.05) is 35.5 Å². The maximum atomic E-state index is 5.46. The molecule has 0 atom stereocenters. The summed E-state index contributed by atoms with van der Waals surface area (Å²) in [6.07, 6.45) is 0. The van der Waals surface area contributed by atoms with Crippen molar-refractivity contribution in [1.29, 1.82) is 0 Å². The fraction of sp³-hybridized carbons (Fsp3) is 0.350. The number of methoxy groups -OCH3 is 4. The maximum Gasteiger partial charge on any atom is 0.191 e. The largest absolute Gasteiger partial charge is 0.496 e. The number of rotatable bonds is 8. The van der Waals surface area contributed by atoms with E-state index in [1.807, 2.05) is 30.3 Å². The van der Waals surface area contributed by atoms with Crippen molar-refractivity contribution in [3.63, 3.8) is 0 Å². The van der Waals surface area contributed by atoms with Crippen LogP contribution in [0, 0.1) is 0 Å². The number of hydrogen-bond donors (Lipinski definition) is 2. The molecule has 0 aromatic heterocycles. The van der Waals surface area contributed by atoms with E-state index in [9.17, 15) is 0 Å². The smallest absolute Gasteiger partial charge is 0.191 e. The Morgan fingerprint density at radius 3 is 1.89 bits per heavy atom. The van der Waals surface area contributed by atoms with E-state index in [-0.39, 0.29) is 0 Å². The van der Waals surface area contributed by atoms with Gasteiger partial charge in [-0.05, 0) is 12.1 Å². The summed E-state index contributed by atoms with van der Waals surface area (Å²) in [5.74, 6) is 3.48. The van der Waals surface area contributed by atoms with E-state index in [0.29, 0.717) is 36.3 Å². The summed E-state index contributed by atoms with van der Waals surface area (Å²) >= 11 is 0. The Morgan fingerprint density at radius 1 is 0.741 bits per heavy atom. The van der Waals surface area contributed by atoms with E-state index < -0.39 is 0 Å². The average molecular weight is 373 g/mol. The number of para-hydroxylation sites is 1. The van der Waals surface area contributed by atoms with Crippen LogP contribution < -0.4 is 29.6 Å². The van der Waals surface area contributed by atoms with Crippen LogP contribution in [0.1, 0.15) is 11.1 Å². The van der Waals surface area contributed by atoms with Crippen LogP contribution in [-0.2, 0) is 13.1 Å². The Morgan fingerprint density at radius 2 is 1.30 bits per heavy atom. The third-order valence-corrected chi connectivity index (χ3v) is 4.10. The van der Waals surface area contributed by atoms with Gasteiger partial charge in [0.15, 0.2) is 17.5 Å². The Hall–Kier alpha value is -3.09. The van der Waals surface area contributed by atoms with Crippen LogP contribution in [0.2, 0.25) is 0 Å². The van der Waals surface area contributed by atoms with E-state index in [1.54, 1.807) is 41.6 Å². The minimum atomic E-state index is 0.509. The molecule has 2 rings (SSSR count). The first kappa shape index (κ1) is 20.2. The standard InChI is InChI=1S/C20H27N3O4/c1-21-20(22-12-14-8-6-7-9-16(14)24-2)23-13-15-10-18(26-4)19(27-5)11-17(15)25-3/h6-11H,12-13H2,1-5H3,(H2,21,22,23). The minimum Gasteiger partial charge on any atom is -0.496 e. The monoisotopic (exact) mass is 373 g/mol. The minimum absolute atomic E-state index is 0.509. The van der Waals surface area contributed by atoms with Gasteiger partial charge >= 0.3 is 0 Å². The Bertz CT molecular complexity index is 778. The van der Waals surface area contributed by atoms with E-state index in [4.69, 9.17) is 18.9 Å². The van der Waals surface area contributed by atoms with Crippen molar-refractivity contribution in [1.82, 2.24) is 10.6 Å². The van der Waals surface area contributed by atoms with E-state index in [1.165, 1.54) is 0 Å². The highest BCUT2D eigenvalue weighted by atomic mass is 16.5. The average Bonchev–Trinajstić information content (AvgIpc) is 2.73. The van der Waals surface area contributed by atoms with Gasteiger partial charge in [0, 0.05) is 37.3 Å². The van der Waals surface area contributed by atoms with Crippen molar-refractivity contribution in [2.45, 2.75) is 13.1 Å². The van der Waals surface area contributed by atoms with Gasteiger partial charge in [0.05, 0.1) is 28.4 Å². The fourth-order valence-electron chi connectivity index (χ4n) is 2.66. The molecule has 2 aromatic carbocycles. The van der Waals surface area contributed by atoms with E-state index in [2.05, 4.69) is 15.6 Å². The summed E-state index contributed by atoms with van der Waals surface area (Å²) in [7, 11) is 8.21. The van der Waals surface area contributed by atoms with Crippen molar-refractivity contribution in [2.24, 2.45) is 4.99 Å². The summed E-state index contributed by atoms with van der Waals surface area (Å²) < 4.78 is 21.5. The molecule has 0 saturated carbocycles. The lowest BCUT2D eigenvalue weighted by molar-refractivity contribution is 0.347. The van der Waals surface area contributed by atoms with Crippen molar-refractivity contribution in [3.05, 3.63) is 47.5 Å². The topological polar surface area (TPSA) is 73.3 Å². The number of nitrogens with zero attached hydrogens (tertiary/aromatic N) is 1. The Labute approximate surface area is 160 Å². The van der Waals surface area contributed by atoms with Gasteiger partial charge in [-0.2, -0.15) is 0 Å². The van der Waals surface area contributed by atoms with Gasteiger partial charge in [0.1, 0.15) is 11.5 Å². The molecule has 27 heavy (non-hydrogen) atoms. The molecule has 0 heterocycles. The molecule has 7 nitrogen and oxygen atoms in total. The maximum absolute atomic E-state index is 5.46. The first-order valence-electron chi connectivity index (χ1n) is 8.52. The van der Waals surface area contributed by atoms with Gasteiger partial charge in [0.25, 0.3) is 0 Å². The number of guanidine groups is 1. The third-order valence-electron chi connectivity index (χ3n) is 4.10. The summed E-state index contributed by atoms with van der Waals surface area (Å²) in [4.78, 5) is 4.26. The quantitative estimate of drug-likeness (QED) is 0.547. The molecule has 7 heteroatoms. The predicted octanol–water partition coefficient (Wildman–Crippen LogP) is 2.59. The van der Waals surface area contributed by atoms with Crippen molar-refractivity contribution >= 4 is 5.96 Å². The molecule has 2 aromatic rings. The molecular weight excluding hydrogens is 346 g/mol. The highest BCUT2D eigenvalue weighted by Gasteiger charge is 2.12. The highest BCUT2D eigenvalue weighted by Crippen LogP contribution is 2.34. The van der Waals surface area contributed by atoms with Gasteiger partial charge in [-0.1, -0.05) is 18.2 Å². The van der Waals surface area contributed by atoms with Crippen LogP contribution in [0.25, 0.3) is 0 Å². The summed E-state index contributed by atoms with van der Waals surface area (Å²) in [5.41, 5.74) is 1.97. The molecule has 2 N–H and O–H groups in total. The lowest BCUT2D eigenvalue weighted by Crippen LogP contribution is -2.36. The van der Waals surface area contributed by atoms with Crippen LogP contribution in [-0.4, -0.2) is 41.4 Å². The second kappa shape index (κ2) is 10.2. The molecule has 0 unspecified atom stereocenters. The Balaban J connectivity index is 2.05. The van der Waals surface area contributed by atoms with Crippen LogP contribution in [0.5, 0.6) is 23.0 Å². The first-order chi connectivity index (χ1) is 13.2. The zero-order chi connectivity index (χ0) is 19.6. The lowest BCUT2D eigenvalue weighted by atomic mass is 10.1. The molecule has 0 aliphatic heterocycles. The Kier molecular flexibility index (Phi) is 7.61. The number of benzene rings is 2. The van der Waals surface area contributed by atoms with Crippen LogP contribution in [0.3, 0.4) is 0 Å². The molecule has 0 aliphatic rings. The summed E-state index contributed by atoms with van der Waals surface area (Å²) in [6, 6.07) is 11.6. The zero-order valence-corrected chi connectivity index (χ0v) is 16.5. The molecule has 0 radical (unpaired) electrons. The number of aliphatic imine (C=N–C) groups is 1. The number of nitrogens with one attached hydrogen (secondary N) is 2. The summed E-state index contributed by atoms with van der Waals surface area (Å²) in [6.45, 7) is 1.10. The van der Waals surface area contributed by atoms with Crippen molar-refractivity contribution in [3.8, 4) is 23.0 Å². The zero-order valence-electron chi connectivity index (χ0n) is 16.5. The fourth-order valence-corrected chi connectivity index (χ4v) is 2.66.